The number of hydrogen-bond donors (Lipinski definition) is 1. The molecule has 15 heavy (non-hydrogen) atoms. The average Bonchev–Trinajstić information content (AvgIpc) is 2.88. The summed E-state index contributed by atoms with van der Waals surface area (Å²) in [6.45, 7) is 0. The van der Waals surface area contributed by atoms with Crippen molar-refractivity contribution in [1.82, 2.24) is 20.2 Å². The van der Waals surface area contributed by atoms with Gasteiger partial charge in [0, 0.05) is 24.8 Å². The van der Waals surface area contributed by atoms with Crippen LogP contribution in [0.15, 0.2) is 55.1 Å². The first kappa shape index (κ1) is 9.33. The van der Waals surface area contributed by atoms with Crippen molar-refractivity contribution >= 4 is 11.0 Å². The molecule has 0 unspecified atom stereocenters. The summed E-state index contributed by atoms with van der Waals surface area (Å²) in [5, 5.41) is 6.21. The van der Waals surface area contributed by atoms with Gasteiger partial charge in [0.1, 0.15) is 0 Å². The molecule has 3 rings (SSSR count). The van der Waals surface area contributed by atoms with E-state index in [2.05, 4.69) is 20.2 Å². The minimum absolute atomic E-state index is 0.949. The molecule has 3 aromatic rings. The lowest BCUT2D eigenvalue weighted by Gasteiger charge is -1.90. The second kappa shape index (κ2) is 4.85. The Kier molecular flexibility index (Phi) is 3.02. The highest BCUT2D eigenvalue weighted by molar-refractivity contribution is 5.72. The second-order valence-electron chi connectivity index (χ2n) is 2.81. The van der Waals surface area contributed by atoms with Gasteiger partial charge in [0.15, 0.2) is 0 Å². The fourth-order valence-electron chi connectivity index (χ4n) is 1.12. The number of benzene rings is 1. The predicted octanol–water partition coefficient (Wildman–Crippen LogP) is 2.04. The van der Waals surface area contributed by atoms with Gasteiger partial charge in [-0.15, -0.1) is 0 Å². The Labute approximate surface area is 87.0 Å². The van der Waals surface area contributed by atoms with Crippen LogP contribution in [0.4, 0.5) is 0 Å². The normalized spacial score (nSPS) is 9.33. The molecule has 2 aromatic heterocycles. The number of H-pyrrole nitrogens is 1. The van der Waals surface area contributed by atoms with Gasteiger partial charge in [-0.1, -0.05) is 12.1 Å². The van der Waals surface area contributed by atoms with Crippen LogP contribution in [0.2, 0.25) is 0 Å². The lowest BCUT2D eigenvalue weighted by atomic mass is 10.3. The fraction of sp³-hybridized carbons (Fsp3) is 0. The minimum atomic E-state index is 0.949. The molecular weight excluding hydrogens is 188 g/mol. The highest BCUT2D eigenvalue weighted by Gasteiger charge is 1.88. The Hall–Kier alpha value is -2.23. The zero-order valence-electron chi connectivity index (χ0n) is 8.04. The molecule has 0 atom stereocenters. The van der Waals surface area contributed by atoms with Gasteiger partial charge >= 0.3 is 0 Å². The quantitative estimate of drug-likeness (QED) is 0.601. The number of aromatic amines is 1. The van der Waals surface area contributed by atoms with E-state index in [1.807, 2.05) is 30.3 Å². The third-order valence-corrected chi connectivity index (χ3v) is 1.78. The molecule has 0 spiro atoms. The second-order valence-corrected chi connectivity index (χ2v) is 2.81. The molecule has 0 aliphatic carbocycles. The van der Waals surface area contributed by atoms with E-state index in [-0.39, 0.29) is 0 Å². The van der Waals surface area contributed by atoms with Gasteiger partial charge in [0.25, 0.3) is 0 Å². The van der Waals surface area contributed by atoms with Crippen molar-refractivity contribution in [2.75, 3.05) is 0 Å². The SMILES string of the molecule is c1ccc2nccnc2c1.c1cn[nH]c1. The first-order chi connectivity index (χ1) is 7.47. The van der Waals surface area contributed by atoms with Crippen molar-refractivity contribution in [1.29, 1.82) is 0 Å². The number of nitrogens with one attached hydrogen (secondary N) is 1. The Morgan fingerprint density at radius 1 is 0.800 bits per heavy atom. The first-order valence-corrected chi connectivity index (χ1v) is 4.56. The van der Waals surface area contributed by atoms with E-state index in [1.54, 1.807) is 24.8 Å². The topological polar surface area (TPSA) is 54.5 Å². The van der Waals surface area contributed by atoms with Crippen LogP contribution in [0, 0.1) is 0 Å². The summed E-state index contributed by atoms with van der Waals surface area (Å²) >= 11 is 0. The molecule has 2 heterocycles. The van der Waals surface area contributed by atoms with Crippen LogP contribution >= 0.6 is 0 Å². The van der Waals surface area contributed by atoms with Crippen molar-refractivity contribution in [3.05, 3.63) is 55.1 Å². The zero-order valence-corrected chi connectivity index (χ0v) is 8.04. The van der Waals surface area contributed by atoms with Gasteiger partial charge in [0.05, 0.1) is 11.0 Å². The van der Waals surface area contributed by atoms with Crippen molar-refractivity contribution in [2.45, 2.75) is 0 Å². The van der Waals surface area contributed by atoms with Crippen LogP contribution in [-0.2, 0) is 0 Å². The average molecular weight is 198 g/mol. The van der Waals surface area contributed by atoms with E-state index >= 15 is 0 Å². The summed E-state index contributed by atoms with van der Waals surface area (Å²) in [7, 11) is 0. The maximum Gasteiger partial charge on any atom is 0.0886 e. The smallest absolute Gasteiger partial charge is 0.0886 e. The van der Waals surface area contributed by atoms with E-state index < -0.39 is 0 Å². The summed E-state index contributed by atoms with van der Waals surface area (Å²) < 4.78 is 0. The molecule has 1 aromatic carbocycles. The molecule has 4 heteroatoms. The molecule has 1 N–H and O–H groups in total. The third kappa shape index (κ3) is 2.60. The van der Waals surface area contributed by atoms with Crippen molar-refractivity contribution in [3.8, 4) is 0 Å². The zero-order chi connectivity index (χ0) is 10.3. The number of aromatic nitrogens is 4. The molecule has 0 aliphatic heterocycles. The van der Waals surface area contributed by atoms with Crippen LogP contribution in [0.3, 0.4) is 0 Å². The van der Waals surface area contributed by atoms with E-state index in [4.69, 9.17) is 0 Å². The Morgan fingerprint density at radius 2 is 1.47 bits per heavy atom. The Balaban J connectivity index is 0.000000144. The molecule has 0 amide bonds. The van der Waals surface area contributed by atoms with Crippen LogP contribution in [0.5, 0.6) is 0 Å². The molecule has 4 nitrogen and oxygen atoms in total. The van der Waals surface area contributed by atoms with E-state index in [0.717, 1.165) is 11.0 Å². The number of para-hydroxylation sites is 2. The standard InChI is InChI=1S/C8H6N2.C3H4N2/c1-2-4-8-7(3-1)9-5-6-10-8;1-2-4-5-3-1/h1-6H;1-3H,(H,4,5). The lowest BCUT2D eigenvalue weighted by Crippen LogP contribution is -1.78. The van der Waals surface area contributed by atoms with Gasteiger partial charge < -0.3 is 0 Å². The van der Waals surface area contributed by atoms with Gasteiger partial charge in [-0.25, -0.2) is 0 Å². The van der Waals surface area contributed by atoms with Gasteiger partial charge in [-0.2, -0.15) is 5.10 Å². The van der Waals surface area contributed by atoms with Gasteiger partial charge in [0.2, 0.25) is 0 Å². The summed E-state index contributed by atoms with van der Waals surface area (Å²) in [5.74, 6) is 0. The highest BCUT2D eigenvalue weighted by atomic mass is 15.1. The summed E-state index contributed by atoms with van der Waals surface area (Å²) in [6.07, 6.45) is 6.85. The maximum atomic E-state index is 4.12. The molecule has 0 saturated carbocycles. The summed E-state index contributed by atoms with van der Waals surface area (Å²) in [5.41, 5.74) is 1.90. The number of rotatable bonds is 0. The Bertz CT molecular complexity index is 422. The van der Waals surface area contributed by atoms with Crippen molar-refractivity contribution in [3.63, 3.8) is 0 Å². The summed E-state index contributed by atoms with van der Waals surface area (Å²) in [6, 6.07) is 9.64. The van der Waals surface area contributed by atoms with Crippen LogP contribution < -0.4 is 0 Å². The molecule has 74 valence electrons. The van der Waals surface area contributed by atoms with E-state index in [9.17, 15) is 0 Å². The minimum Gasteiger partial charge on any atom is -0.286 e. The van der Waals surface area contributed by atoms with Crippen LogP contribution in [0.25, 0.3) is 11.0 Å². The molecule has 0 saturated heterocycles. The third-order valence-electron chi connectivity index (χ3n) is 1.78. The lowest BCUT2D eigenvalue weighted by molar-refractivity contribution is 1.09. The highest BCUT2D eigenvalue weighted by Crippen LogP contribution is 2.04. The molecule has 0 bridgehead atoms. The molecule has 0 aliphatic rings. The fourth-order valence-corrected chi connectivity index (χ4v) is 1.12. The van der Waals surface area contributed by atoms with E-state index in [0.29, 0.717) is 0 Å². The molecule has 0 fully saturated rings. The Morgan fingerprint density at radius 3 is 1.87 bits per heavy atom. The number of hydrogen-bond acceptors (Lipinski definition) is 3. The maximum absolute atomic E-state index is 4.12. The van der Waals surface area contributed by atoms with Crippen LogP contribution in [-0.4, -0.2) is 20.2 Å². The van der Waals surface area contributed by atoms with Gasteiger partial charge in [-0.3, -0.25) is 15.1 Å². The largest absolute Gasteiger partial charge is 0.286 e. The van der Waals surface area contributed by atoms with Crippen molar-refractivity contribution in [2.24, 2.45) is 0 Å². The van der Waals surface area contributed by atoms with Crippen LogP contribution in [0.1, 0.15) is 0 Å². The van der Waals surface area contributed by atoms with Gasteiger partial charge in [-0.05, 0) is 18.2 Å². The first-order valence-electron chi connectivity index (χ1n) is 4.56. The number of nitrogens with zero attached hydrogens (tertiary/aromatic N) is 3. The molecular formula is C11H10N4. The monoisotopic (exact) mass is 198 g/mol. The number of fused-ring (bicyclic) bond motifs is 1. The summed E-state index contributed by atoms with van der Waals surface area (Å²) in [4.78, 5) is 8.24. The molecule has 0 radical (unpaired) electrons. The predicted molar refractivity (Wildman–Crippen MR) is 58.1 cm³/mol. The van der Waals surface area contributed by atoms with Crippen molar-refractivity contribution < 1.29 is 0 Å². The van der Waals surface area contributed by atoms with E-state index in [1.165, 1.54) is 0 Å².